The third kappa shape index (κ3) is 4.07. The van der Waals surface area contributed by atoms with Crippen molar-refractivity contribution in [2.75, 3.05) is 4.90 Å². The Balaban J connectivity index is 1.31. The molecule has 1 amide bonds. The molecular weight excluding hydrogens is 431 g/mol. The molecule has 8 heteroatoms. The summed E-state index contributed by atoms with van der Waals surface area (Å²) in [5, 5.41) is 6.91. The SMILES string of the molecule is O=C1c2ccc(OCc3c[nH]nc3-c3ccc(C(F)(F)F)cc3)cc2CN1c1ccccc1. The van der Waals surface area contributed by atoms with Crippen molar-refractivity contribution in [1.29, 1.82) is 0 Å². The van der Waals surface area contributed by atoms with Gasteiger partial charge in [0.15, 0.2) is 0 Å². The molecule has 1 aliphatic heterocycles. The Hall–Kier alpha value is -4.07. The zero-order chi connectivity index (χ0) is 23.0. The highest BCUT2D eigenvalue weighted by atomic mass is 19.4. The highest BCUT2D eigenvalue weighted by Crippen LogP contribution is 2.33. The van der Waals surface area contributed by atoms with Crippen LogP contribution in [-0.4, -0.2) is 16.1 Å². The van der Waals surface area contributed by atoms with Crippen molar-refractivity contribution in [3.63, 3.8) is 0 Å². The van der Waals surface area contributed by atoms with E-state index in [0.29, 0.717) is 34.7 Å². The maximum atomic E-state index is 12.8. The van der Waals surface area contributed by atoms with E-state index in [2.05, 4.69) is 10.2 Å². The zero-order valence-electron chi connectivity index (χ0n) is 17.3. The fourth-order valence-corrected chi connectivity index (χ4v) is 3.86. The fraction of sp³-hybridized carbons (Fsp3) is 0.120. The van der Waals surface area contributed by atoms with Crippen LogP contribution < -0.4 is 9.64 Å². The number of carbonyl (C=O) groups is 1. The van der Waals surface area contributed by atoms with Gasteiger partial charge in [-0.15, -0.1) is 0 Å². The minimum atomic E-state index is -4.39. The number of H-pyrrole nitrogens is 1. The van der Waals surface area contributed by atoms with E-state index < -0.39 is 11.7 Å². The number of benzene rings is 3. The molecular formula is C25H18F3N3O2. The number of amides is 1. The fourth-order valence-electron chi connectivity index (χ4n) is 3.86. The van der Waals surface area contributed by atoms with Crippen molar-refractivity contribution in [1.82, 2.24) is 10.2 Å². The molecule has 0 bridgehead atoms. The molecule has 1 aromatic heterocycles. The number of aromatic amines is 1. The quantitative estimate of drug-likeness (QED) is 0.417. The van der Waals surface area contributed by atoms with Gasteiger partial charge in [0.05, 0.1) is 17.8 Å². The molecule has 0 unspecified atom stereocenters. The van der Waals surface area contributed by atoms with Crippen LogP contribution in [0.5, 0.6) is 5.75 Å². The molecule has 0 aliphatic carbocycles. The van der Waals surface area contributed by atoms with E-state index >= 15 is 0 Å². The van der Waals surface area contributed by atoms with Crippen LogP contribution in [0.3, 0.4) is 0 Å². The van der Waals surface area contributed by atoms with Gasteiger partial charge in [0, 0.05) is 28.6 Å². The first-order valence-electron chi connectivity index (χ1n) is 10.2. The second-order valence-corrected chi connectivity index (χ2v) is 7.67. The normalized spacial score (nSPS) is 13.3. The Kier molecular flexibility index (Phi) is 5.12. The highest BCUT2D eigenvalue weighted by Gasteiger charge is 2.30. The standard InChI is InChI=1S/C25H18F3N3O2/c26-25(27,28)19-8-6-16(7-9-19)23-18(13-29-30-23)15-33-21-10-11-22-17(12-21)14-31(24(22)32)20-4-2-1-3-5-20/h1-13H,14-15H2,(H,29,30). The van der Waals surface area contributed by atoms with E-state index in [4.69, 9.17) is 4.74 Å². The maximum Gasteiger partial charge on any atom is 0.416 e. The first kappa shape index (κ1) is 20.8. The minimum absolute atomic E-state index is 0.0535. The van der Waals surface area contributed by atoms with Crippen LogP contribution in [0.4, 0.5) is 18.9 Å². The highest BCUT2D eigenvalue weighted by molar-refractivity contribution is 6.10. The van der Waals surface area contributed by atoms with Crippen molar-refractivity contribution in [2.45, 2.75) is 19.3 Å². The van der Waals surface area contributed by atoms with E-state index in [9.17, 15) is 18.0 Å². The van der Waals surface area contributed by atoms with Crippen molar-refractivity contribution >= 4 is 11.6 Å². The first-order valence-corrected chi connectivity index (χ1v) is 10.2. The van der Waals surface area contributed by atoms with Crippen LogP contribution >= 0.6 is 0 Å². The lowest BCUT2D eigenvalue weighted by molar-refractivity contribution is -0.137. The number of nitrogens with zero attached hydrogens (tertiary/aromatic N) is 2. The van der Waals surface area contributed by atoms with Crippen LogP contribution in [0.2, 0.25) is 0 Å². The second kappa shape index (κ2) is 8.12. The molecule has 0 spiro atoms. The Labute approximate surface area is 187 Å². The molecule has 0 fully saturated rings. The molecule has 33 heavy (non-hydrogen) atoms. The molecule has 0 saturated heterocycles. The number of hydrogen-bond donors (Lipinski definition) is 1. The topological polar surface area (TPSA) is 58.2 Å². The molecule has 4 aromatic rings. The number of halogens is 3. The van der Waals surface area contributed by atoms with Gasteiger partial charge in [-0.2, -0.15) is 18.3 Å². The third-order valence-corrected chi connectivity index (χ3v) is 5.55. The molecule has 166 valence electrons. The van der Waals surface area contributed by atoms with Gasteiger partial charge in [0.1, 0.15) is 12.4 Å². The summed E-state index contributed by atoms with van der Waals surface area (Å²) in [6.07, 6.45) is -2.73. The van der Waals surface area contributed by atoms with E-state index in [0.717, 1.165) is 23.4 Å². The number of aromatic nitrogens is 2. The average Bonchev–Trinajstić information content (AvgIpc) is 3.42. The van der Waals surface area contributed by atoms with E-state index in [1.165, 1.54) is 12.1 Å². The molecule has 5 nitrogen and oxygen atoms in total. The number of hydrogen-bond acceptors (Lipinski definition) is 3. The average molecular weight is 449 g/mol. The van der Waals surface area contributed by atoms with Gasteiger partial charge < -0.3 is 9.64 Å². The Morgan fingerprint density at radius 3 is 2.48 bits per heavy atom. The number of para-hydroxylation sites is 1. The number of alkyl halides is 3. The summed E-state index contributed by atoms with van der Waals surface area (Å²) in [5.41, 5.74) is 3.42. The van der Waals surface area contributed by atoms with E-state index in [1.807, 2.05) is 36.4 Å². The lowest BCUT2D eigenvalue weighted by atomic mass is 10.1. The van der Waals surface area contributed by atoms with Crippen LogP contribution in [0.25, 0.3) is 11.3 Å². The van der Waals surface area contributed by atoms with Crippen LogP contribution in [0.15, 0.2) is 79.0 Å². The Bertz CT molecular complexity index is 1300. The predicted molar refractivity (Wildman–Crippen MR) is 117 cm³/mol. The smallest absolute Gasteiger partial charge is 0.416 e. The van der Waals surface area contributed by atoms with Gasteiger partial charge in [-0.1, -0.05) is 30.3 Å². The lowest BCUT2D eigenvalue weighted by Crippen LogP contribution is -2.22. The van der Waals surface area contributed by atoms with Crippen LogP contribution in [0, 0.1) is 0 Å². The van der Waals surface area contributed by atoms with Gasteiger partial charge in [-0.05, 0) is 48.0 Å². The van der Waals surface area contributed by atoms with Crippen LogP contribution in [-0.2, 0) is 19.3 Å². The van der Waals surface area contributed by atoms with Gasteiger partial charge in [-0.3, -0.25) is 9.89 Å². The molecule has 1 aliphatic rings. The Morgan fingerprint density at radius 2 is 1.76 bits per heavy atom. The number of fused-ring (bicyclic) bond motifs is 1. The predicted octanol–water partition coefficient (Wildman–Crippen LogP) is 5.83. The van der Waals surface area contributed by atoms with Gasteiger partial charge >= 0.3 is 6.18 Å². The summed E-state index contributed by atoms with van der Waals surface area (Å²) < 4.78 is 44.4. The van der Waals surface area contributed by atoms with Crippen molar-refractivity contribution in [3.8, 4) is 17.0 Å². The number of carbonyl (C=O) groups excluding carboxylic acids is 1. The number of nitrogens with one attached hydrogen (secondary N) is 1. The molecule has 5 rings (SSSR count). The maximum absolute atomic E-state index is 12.8. The first-order chi connectivity index (χ1) is 15.9. The monoisotopic (exact) mass is 449 g/mol. The van der Waals surface area contributed by atoms with Crippen LogP contribution in [0.1, 0.15) is 27.0 Å². The number of anilines is 1. The summed E-state index contributed by atoms with van der Waals surface area (Å²) in [5.74, 6) is 0.540. The second-order valence-electron chi connectivity index (χ2n) is 7.67. The molecule has 0 saturated carbocycles. The van der Waals surface area contributed by atoms with Crippen molar-refractivity contribution in [3.05, 3.63) is 101 Å². The summed E-state index contributed by atoms with van der Waals surface area (Å²) >= 11 is 0. The Morgan fingerprint density at radius 1 is 1.00 bits per heavy atom. The number of rotatable bonds is 5. The zero-order valence-corrected chi connectivity index (χ0v) is 17.3. The van der Waals surface area contributed by atoms with Gasteiger partial charge in [0.2, 0.25) is 0 Å². The summed E-state index contributed by atoms with van der Waals surface area (Å²) in [6, 6.07) is 19.6. The third-order valence-electron chi connectivity index (χ3n) is 5.55. The van der Waals surface area contributed by atoms with Gasteiger partial charge in [0.25, 0.3) is 5.91 Å². The van der Waals surface area contributed by atoms with Crippen molar-refractivity contribution < 1.29 is 22.7 Å². The van der Waals surface area contributed by atoms with E-state index in [1.54, 1.807) is 23.2 Å². The summed E-state index contributed by atoms with van der Waals surface area (Å²) in [4.78, 5) is 14.5. The molecule has 2 heterocycles. The molecule has 1 N–H and O–H groups in total. The minimum Gasteiger partial charge on any atom is -0.489 e. The van der Waals surface area contributed by atoms with Crippen molar-refractivity contribution in [2.24, 2.45) is 0 Å². The van der Waals surface area contributed by atoms with Gasteiger partial charge in [-0.25, -0.2) is 0 Å². The lowest BCUT2D eigenvalue weighted by Gasteiger charge is -2.15. The van der Waals surface area contributed by atoms with E-state index in [-0.39, 0.29) is 12.5 Å². The number of ether oxygens (including phenoxy) is 1. The summed E-state index contributed by atoms with van der Waals surface area (Å²) in [7, 11) is 0. The summed E-state index contributed by atoms with van der Waals surface area (Å²) in [6.45, 7) is 0.625. The largest absolute Gasteiger partial charge is 0.489 e. The molecule has 0 atom stereocenters. The molecule has 3 aromatic carbocycles. The molecule has 0 radical (unpaired) electrons.